The lowest BCUT2D eigenvalue weighted by Gasteiger charge is -2.23. The molecular formula is C28H30N2O4S. The van der Waals surface area contributed by atoms with Crippen molar-refractivity contribution in [3.8, 4) is 0 Å². The number of urea groups is 1. The van der Waals surface area contributed by atoms with Crippen molar-refractivity contribution in [2.45, 2.75) is 31.6 Å². The molecule has 3 amide bonds. The number of carbonyl (C=O) groups excluding carboxylic acids is 2. The van der Waals surface area contributed by atoms with Crippen molar-refractivity contribution in [2.24, 2.45) is 0 Å². The van der Waals surface area contributed by atoms with Crippen molar-refractivity contribution < 1.29 is 19.5 Å². The van der Waals surface area contributed by atoms with Crippen LogP contribution in [-0.2, 0) is 17.0 Å². The zero-order valence-electron chi connectivity index (χ0n) is 19.7. The molecule has 0 saturated carbocycles. The summed E-state index contributed by atoms with van der Waals surface area (Å²) in [5.41, 5.74) is 3.69. The maximum absolute atomic E-state index is 13.1. The van der Waals surface area contributed by atoms with E-state index in [2.05, 4.69) is 5.32 Å². The lowest BCUT2D eigenvalue weighted by Crippen LogP contribution is -2.51. The van der Waals surface area contributed by atoms with Crippen LogP contribution in [0.2, 0.25) is 0 Å². The lowest BCUT2D eigenvalue weighted by atomic mass is 10.0. The molecule has 0 aliphatic carbocycles. The van der Waals surface area contributed by atoms with Gasteiger partial charge in [0.25, 0.3) is 5.91 Å². The van der Waals surface area contributed by atoms with Crippen molar-refractivity contribution in [3.05, 3.63) is 107 Å². The van der Waals surface area contributed by atoms with Crippen molar-refractivity contribution in [3.63, 3.8) is 0 Å². The minimum Gasteiger partial charge on any atom is -0.480 e. The average molecular weight is 491 g/mol. The zero-order valence-corrected chi connectivity index (χ0v) is 20.5. The molecule has 0 spiro atoms. The highest BCUT2D eigenvalue weighted by Crippen LogP contribution is 2.15. The van der Waals surface area contributed by atoms with Crippen LogP contribution in [0.15, 0.2) is 84.9 Å². The summed E-state index contributed by atoms with van der Waals surface area (Å²) >= 11 is 1.42. The van der Waals surface area contributed by atoms with E-state index in [1.54, 1.807) is 12.1 Å². The smallest absolute Gasteiger partial charge is 0.327 e. The standard InChI is InChI=1S/C28H30N2O4S/c1-2-17-30(26(31)24-15-13-22(14-16-24)18-21-9-5-3-6-10-21)28(34)29-25(27(32)33)20-35-19-23-11-7-4-8-12-23/h3-16,25H,2,17-20H2,1H3,(H,29,34)(H,32,33)/t25-/m0/s1. The van der Waals surface area contributed by atoms with Gasteiger partial charge in [-0.2, -0.15) is 11.8 Å². The molecule has 35 heavy (non-hydrogen) atoms. The van der Waals surface area contributed by atoms with Gasteiger partial charge in [0.1, 0.15) is 6.04 Å². The second-order valence-electron chi connectivity index (χ2n) is 8.16. The summed E-state index contributed by atoms with van der Waals surface area (Å²) in [5, 5.41) is 12.1. The summed E-state index contributed by atoms with van der Waals surface area (Å²) in [5.74, 6) is -0.754. The number of amides is 3. The van der Waals surface area contributed by atoms with Crippen molar-refractivity contribution in [1.29, 1.82) is 0 Å². The van der Waals surface area contributed by atoms with E-state index >= 15 is 0 Å². The molecule has 182 valence electrons. The number of nitrogens with one attached hydrogen (secondary N) is 1. The highest BCUT2D eigenvalue weighted by atomic mass is 32.2. The van der Waals surface area contributed by atoms with Crippen LogP contribution < -0.4 is 5.32 Å². The van der Waals surface area contributed by atoms with E-state index in [1.807, 2.05) is 79.7 Å². The first-order valence-corrected chi connectivity index (χ1v) is 12.7. The molecule has 0 aliphatic rings. The van der Waals surface area contributed by atoms with Crippen LogP contribution in [0.25, 0.3) is 0 Å². The number of imide groups is 1. The van der Waals surface area contributed by atoms with Crippen molar-refractivity contribution in [2.75, 3.05) is 12.3 Å². The molecule has 0 heterocycles. The highest BCUT2D eigenvalue weighted by molar-refractivity contribution is 7.98. The summed E-state index contributed by atoms with van der Waals surface area (Å²) in [4.78, 5) is 38.9. The minimum atomic E-state index is -1.13. The second-order valence-corrected chi connectivity index (χ2v) is 9.19. The van der Waals surface area contributed by atoms with Crippen LogP contribution in [-0.4, -0.2) is 46.3 Å². The monoisotopic (exact) mass is 490 g/mol. The van der Waals surface area contributed by atoms with Crippen molar-refractivity contribution in [1.82, 2.24) is 10.2 Å². The van der Waals surface area contributed by atoms with E-state index in [-0.39, 0.29) is 12.3 Å². The highest BCUT2D eigenvalue weighted by Gasteiger charge is 2.27. The number of hydrogen-bond donors (Lipinski definition) is 2. The molecule has 6 nitrogen and oxygen atoms in total. The van der Waals surface area contributed by atoms with Gasteiger partial charge in [-0.3, -0.25) is 9.69 Å². The van der Waals surface area contributed by atoms with Gasteiger partial charge in [0, 0.05) is 23.6 Å². The Morgan fingerprint density at radius 1 is 0.857 bits per heavy atom. The Balaban J connectivity index is 1.62. The molecule has 0 aliphatic heterocycles. The molecule has 3 aromatic carbocycles. The van der Waals surface area contributed by atoms with E-state index in [0.717, 1.165) is 22.4 Å². The predicted molar refractivity (Wildman–Crippen MR) is 140 cm³/mol. The number of nitrogens with zero attached hydrogens (tertiary/aromatic N) is 1. The first-order chi connectivity index (χ1) is 17.0. The molecule has 0 radical (unpaired) electrons. The third kappa shape index (κ3) is 8.00. The van der Waals surface area contributed by atoms with Crippen LogP contribution in [0.4, 0.5) is 4.79 Å². The Morgan fingerprint density at radius 2 is 1.43 bits per heavy atom. The van der Waals surface area contributed by atoms with Gasteiger partial charge in [-0.25, -0.2) is 9.59 Å². The third-order valence-corrected chi connectivity index (χ3v) is 6.49. The molecule has 7 heteroatoms. The van der Waals surface area contributed by atoms with Crippen LogP contribution in [0, 0.1) is 0 Å². The fraction of sp³-hybridized carbons (Fsp3) is 0.250. The van der Waals surface area contributed by atoms with Gasteiger partial charge in [-0.15, -0.1) is 0 Å². The molecule has 1 atom stereocenters. The molecule has 0 aromatic heterocycles. The second kappa shape index (κ2) is 13.3. The van der Waals surface area contributed by atoms with Gasteiger partial charge in [0.2, 0.25) is 0 Å². The Morgan fingerprint density at radius 3 is 2.00 bits per heavy atom. The van der Waals surface area contributed by atoms with E-state index in [1.165, 1.54) is 17.3 Å². The molecule has 2 N–H and O–H groups in total. The number of carboxylic acid groups (broad SMARTS) is 1. The number of benzene rings is 3. The van der Waals surface area contributed by atoms with Gasteiger partial charge in [0.05, 0.1) is 0 Å². The first-order valence-electron chi connectivity index (χ1n) is 11.6. The largest absolute Gasteiger partial charge is 0.480 e. The van der Waals surface area contributed by atoms with Crippen molar-refractivity contribution >= 4 is 29.7 Å². The Kier molecular flexibility index (Phi) is 9.93. The SMILES string of the molecule is CCCN(C(=O)N[C@@H](CSCc1ccccc1)C(=O)O)C(=O)c1ccc(Cc2ccccc2)cc1. The molecule has 0 saturated heterocycles. The molecule has 3 aromatic rings. The number of carbonyl (C=O) groups is 3. The normalized spacial score (nSPS) is 11.5. The number of rotatable bonds is 11. The summed E-state index contributed by atoms with van der Waals surface area (Å²) in [6, 6.07) is 25.1. The Labute approximate surface area is 210 Å². The van der Waals surface area contributed by atoms with Crippen LogP contribution in [0.3, 0.4) is 0 Å². The number of aliphatic carboxylic acids is 1. The fourth-order valence-corrected chi connectivity index (χ4v) is 4.55. The van der Waals surface area contributed by atoms with E-state index in [9.17, 15) is 19.5 Å². The van der Waals surface area contributed by atoms with Crippen LogP contribution in [0.5, 0.6) is 0 Å². The maximum Gasteiger partial charge on any atom is 0.327 e. The van der Waals surface area contributed by atoms with Gasteiger partial charge in [0.15, 0.2) is 0 Å². The third-order valence-electron chi connectivity index (χ3n) is 5.38. The Hall–Kier alpha value is -3.58. The van der Waals surface area contributed by atoms with Gasteiger partial charge >= 0.3 is 12.0 Å². The Bertz CT molecular complexity index is 1100. The predicted octanol–water partition coefficient (Wildman–Crippen LogP) is 5.23. The summed E-state index contributed by atoms with van der Waals surface area (Å²) in [7, 11) is 0. The number of hydrogen-bond acceptors (Lipinski definition) is 4. The summed E-state index contributed by atoms with van der Waals surface area (Å²) in [6.45, 7) is 2.06. The molecule has 0 fully saturated rings. The zero-order chi connectivity index (χ0) is 25.0. The van der Waals surface area contributed by atoms with E-state index in [4.69, 9.17) is 0 Å². The van der Waals surface area contributed by atoms with Gasteiger partial charge < -0.3 is 10.4 Å². The molecular weight excluding hydrogens is 460 g/mol. The summed E-state index contributed by atoms with van der Waals surface area (Å²) in [6.07, 6.45) is 1.31. The molecule has 0 bridgehead atoms. The van der Waals surface area contributed by atoms with Crippen LogP contribution in [0.1, 0.15) is 40.4 Å². The van der Waals surface area contributed by atoms with Gasteiger partial charge in [-0.05, 0) is 41.7 Å². The first kappa shape index (κ1) is 26.0. The molecule has 3 rings (SSSR count). The maximum atomic E-state index is 13.1. The van der Waals surface area contributed by atoms with E-state index in [0.29, 0.717) is 17.7 Å². The summed E-state index contributed by atoms with van der Waals surface area (Å²) < 4.78 is 0. The molecule has 0 unspecified atom stereocenters. The van der Waals surface area contributed by atoms with Crippen LogP contribution >= 0.6 is 11.8 Å². The number of carboxylic acids is 1. The quantitative estimate of drug-likeness (QED) is 0.385. The minimum absolute atomic E-state index is 0.193. The number of thioether (sulfide) groups is 1. The fourth-order valence-electron chi connectivity index (χ4n) is 3.54. The van der Waals surface area contributed by atoms with Gasteiger partial charge in [-0.1, -0.05) is 79.7 Å². The average Bonchev–Trinajstić information content (AvgIpc) is 2.88. The topological polar surface area (TPSA) is 86.7 Å². The van der Waals surface area contributed by atoms with E-state index < -0.39 is 23.9 Å². The lowest BCUT2D eigenvalue weighted by molar-refractivity contribution is -0.138.